The topological polar surface area (TPSA) is 358 Å². The number of ketones is 4. The Morgan fingerprint density at radius 1 is 0.500 bits per heavy atom. The summed E-state index contributed by atoms with van der Waals surface area (Å²) in [5.74, 6) is -17.3. The number of rotatable bonds is 26. The second-order valence-electron chi connectivity index (χ2n) is 26.2. The van der Waals surface area contributed by atoms with Crippen molar-refractivity contribution in [2.24, 2.45) is 69.0 Å². The molecule has 2 saturated heterocycles. The number of cyclic esters (lactones) is 4. The minimum atomic E-state index is -1.66. The van der Waals surface area contributed by atoms with Gasteiger partial charge in [0.15, 0.2) is 23.1 Å². The van der Waals surface area contributed by atoms with Crippen LogP contribution in [0.4, 0.5) is 0 Å². The molecule has 0 bridgehead atoms. The third kappa shape index (κ3) is 27.8. The number of carboxylic acid groups (broad SMARTS) is 2. The van der Waals surface area contributed by atoms with Crippen molar-refractivity contribution in [2.45, 2.75) is 156 Å². The molecule has 4 aromatic carbocycles. The smallest absolute Gasteiger partial charge is 0.870 e. The average molecular weight is 1390 g/mol. The summed E-state index contributed by atoms with van der Waals surface area (Å²) in [5.41, 5.74) is -0.328. The number of ether oxygens (including phenoxy) is 4. The van der Waals surface area contributed by atoms with Gasteiger partial charge in [0.25, 0.3) is 0 Å². The summed E-state index contributed by atoms with van der Waals surface area (Å²) in [4.78, 5) is 151. The van der Waals surface area contributed by atoms with Crippen LogP contribution in [-0.4, -0.2) is 99.8 Å². The molecule has 0 saturated carbocycles. The Morgan fingerprint density at radius 3 is 1.12 bits per heavy atom. The average Bonchev–Trinajstić information content (AvgIpc) is 1.14. The maximum Gasteiger partial charge on any atom is 1.00 e. The van der Waals surface area contributed by atoms with Crippen molar-refractivity contribution in [3.63, 3.8) is 0 Å². The van der Waals surface area contributed by atoms with E-state index in [2.05, 4.69) is 11.7 Å². The number of Topliss-reactive ketones (excluding diaryl/α,β-unsaturated/α-hetero) is 4. The standard InChI is InChI=1S/C44H56O13.C16H14O3.C10H16O3.C2H6O.C2H5.3Na.H2O/c1-11-42(5,6)35(41(54)56-28-19-17-27(18-20-28)32(46)21-31(45)26-15-13-24(3)14-16-26)30(37(49)50)23-44(9,10)34(39(52)55-12-2)29(36(47)48)22-43(7,8)33-25(4)38(51)57-40(33)53;1-11-2-4-12(5-3-11)15(18)10-16(19)13-6-8-14(17)9-7-13;1-5-10(3,4)7-6(2)8(11)13-9(7)12;1-2-3;1-2;;;;/h13-20,25,29-30,33-35H,11-12,21-23H2,1-10H3,(H,47,48)(H,49,50);2-9,17H,10H2,1H3;6-7H,5H2,1-4H3;3H,2H2,1H3;1H2,2H3;;;;1H2/q;;;;-1;3*+1;/p-3. The number of hydrogen-bond donors (Lipinski definition) is 2. The zero-order valence-electron chi connectivity index (χ0n) is 60.9. The molecular formula is C74H96Na3O21-. The van der Waals surface area contributed by atoms with E-state index in [9.17, 15) is 67.7 Å². The predicted molar refractivity (Wildman–Crippen MR) is 348 cm³/mol. The van der Waals surface area contributed by atoms with E-state index in [-0.39, 0.29) is 190 Å². The molecule has 0 aromatic heterocycles. The first kappa shape index (κ1) is 96.6. The Balaban J connectivity index is -0.00000178. The maximum absolute atomic E-state index is 14.1. The second kappa shape index (κ2) is 44.0. The van der Waals surface area contributed by atoms with Crippen molar-refractivity contribution in [1.29, 1.82) is 0 Å². The Hall–Kier alpha value is -5.56. The third-order valence-electron chi connectivity index (χ3n) is 17.5. The van der Waals surface area contributed by atoms with Gasteiger partial charge < -0.3 is 61.4 Å². The molecule has 8 unspecified atom stereocenters. The van der Waals surface area contributed by atoms with Crippen LogP contribution >= 0.6 is 0 Å². The molecule has 2 aliphatic heterocycles. The van der Waals surface area contributed by atoms with Gasteiger partial charge in [-0.2, -0.15) is 6.92 Å². The Kier molecular flexibility index (Phi) is 43.3. The van der Waals surface area contributed by atoms with E-state index < -0.39 is 99.8 Å². The molecule has 21 nitrogen and oxygen atoms in total. The molecule has 6 rings (SSSR count). The van der Waals surface area contributed by atoms with Crippen molar-refractivity contribution in [2.75, 3.05) is 13.2 Å². The first-order valence-corrected chi connectivity index (χ1v) is 31.5. The fourth-order valence-electron chi connectivity index (χ4n) is 11.7. The van der Waals surface area contributed by atoms with Gasteiger partial charge in [0.1, 0.15) is 11.5 Å². The number of carboxylic acids is 2. The van der Waals surface area contributed by atoms with E-state index >= 15 is 0 Å². The summed E-state index contributed by atoms with van der Waals surface area (Å²) in [6.07, 6.45) is -0.175. The van der Waals surface area contributed by atoms with Crippen LogP contribution in [0.1, 0.15) is 195 Å². The summed E-state index contributed by atoms with van der Waals surface area (Å²) >= 11 is 0. The number of aliphatic hydroxyl groups is 1. The first-order valence-electron chi connectivity index (χ1n) is 31.5. The van der Waals surface area contributed by atoms with Crippen LogP contribution in [0.25, 0.3) is 0 Å². The molecule has 0 radical (unpaired) electrons. The molecule has 0 spiro atoms. The molecule has 4 aromatic rings. The molecule has 0 aliphatic carbocycles. The summed E-state index contributed by atoms with van der Waals surface area (Å²) < 4.78 is 20.5. The van der Waals surface area contributed by atoms with Gasteiger partial charge in [-0.05, 0) is 111 Å². The summed E-state index contributed by atoms with van der Waals surface area (Å²) in [6, 6.07) is 25.3. The van der Waals surface area contributed by atoms with Gasteiger partial charge in [-0.15, -0.1) is 0 Å². The largest absolute Gasteiger partial charge is 1.00 e. The molecule has 0 amide bonds. The van der Waals surface area contributed by atoms with Crippen LogP contribution in [0, 0.1) is 89.8 Å². The van der Waals surface area contributed by atoms with Gasteiger partial charge >= 0.3 is 124 Å². The number of aromatic hydroxyl groups is 1. The van der Waals surface area contributed by atoms with Crippen molar-refractivity contribution in [3.05, 3.63) is 137 Å². The summed E-state index contributed by atoms with van der Waals surface area (Å²) in [7, 11) is 0. The van der Waals surface area contributed by atoms with E-state index in [1.54, 1.807) is 91.8 Å². The molecule has 24 heteroatoms. The molecule has 3 N–H and O–H groups in total. The summed E-state index contributed by atoms with van der Waals surface area (Å²) in [6.45, 7) is 32.6. The Bertz CT molecular complexity index is 3240. The molecule has 8 atom stereocenters. The fourth-order valence-corrected chi connectivity index (χ4v) is 11.7. The number of esters is 6. The number of benzene rings is 4. The molecule has 2 aliphatic rings. The number of phenolic OH excluding ortho intramolecular Hbond substituents is 1. The van der Waals surface area contributed by atoms with Crippen LogP contribution in [0.2, 0.25) is 0 Å². The summed E-state index contributed by atoms with van der Waals surface area (Å²) in [5, 5.41) is 42.7. The number of aliphatic hydroxyl groups excluding tert-OH is 1. The fraction of sp³-hybridized carbons (Fsp3) is 0.500. The molecule has 2 fully saturated rings. The number of aliphatic carboxylic acids is 2. The van der Waals surface area contributed by atoms with Crippen LogP contribution in [0.5, 0.6) is 11.5 Å². The van der Waals surface area contributed by atoms with Crippen molar-refractivity contribution >= 4 is 70.9 Å². The van der Waals surface area contributed by atoms with Gasteiger partial charge in [-0.25, -0.2) is 0 Å². The van der Waals surface area contributed by atoms with E-state index in [0.717, 1.165) is 17.5 Å². The van der Waals surface area contributed by atoms with Crippen LogP contribution in [-0.2, 0) is 52.6 Å². The number of phenols is 1. The second-order valence-corrected chi connectivity index (χ2v) is 26.2. The van der Waals surface area contributed by atoms with Crippen LogP contribution in [0.3, 0.4) is 0 Å². The molecule has 522 valence electrons. The normalized spacial score (nSPS) is 16.6. The number of carbonyl (C=O) groups excluding carboxylic acids is 12. The Labute approximate surface area is 643 Å². The van der Waals surface area contributed by atoms with E-state index in [1.807, 2.05) is 46.8 Å². The minimum Gasteiger partial charge on any atom is -0.870 e. The minimum absolute atomic E-state index is 0. The molecule has 2 heterocycles. The van der Waals surface area contributed by atoms with Gasteiger partial charge in [0.2, 0.25) is 0 Å². The number of hydrogen-bond acceptors (Lipinski definition) is 21. The first-order chi connectivity index (χ1) is 43.7. The number of carbonyl (C=O) groups is 12. The van der Waals surface area contributed by atoms with Gasteiger partial charge in [0.05, 0.1) is 55.0 Å². The zero-order valence-corrected chi connectivity index (χ0v) is 66.9. The van der Waals surface area contributed by atoms with E-state index in [4.69, 9.17) is 24.4 Å². The van der Waals surface area contributed by atoms with Gasteiger partial charge in [0, 0.05) is 52.6 Å². The van der Waals surface area contributed by atoms with Crippen LogP contribution < -0.4 is 104 Å². The third-order valence-corrected chi connectivity index (χ3v) is 17.5. The van der Waals surface area contributed by atoms with Crippen molar-refractivity contribution in [1.82, 2.24) is 0 Å². The Morgan fingerprint density at radius 2 is 0.816 bits per heavy atom. The van der Waals surface area contributed by atoms with E-state index in [1.165, 1.54) is 76.2 Å². The SMILES string of the molecule is CCC(C)(C)C1C(=O)OC(=O)C1C.CCO.CCOC(=O)C(C(CC(C)(C)C1C(=O)OC(=O)C1C)C(=O)[O-])C(C)(C)CC(C(=O)[O-])C(C(=O)Oc1ccc(C(=O)CC(=O)c2ccc(C)cc2)cc1)C(C)(C)CC.Cc1ccc(C(=O)CC(=O)c2ccc(O)cc2)cc1.[CH2-]C.[Na+].[Na+].[Na+].[OH-]. The molecular weight excluding hydrogens is 1290 g/mol. The molecule has 98 heavy (non-hydrogen) atoms. The maximum atomic E-state index is 14.1. The van der Waals surface area contributed by atoms with Crippen LogP contribution in [0.15, 0.2) is 97.1 Å². The van der Waals surface area contributed by atoms with Gasteiger partial charge in [-0.1, -0.05) is 156 Å². The zero-order chi connectivity index (χ0) is 72.0. The van der Waals surface area contributed by atoms with Gasteiger partial charge in [-0.3, -0.25) is 47.9 Å². The van der Waals surface area contributed by atoms with Crippen molar-refractivity contribution in [3.8, 4) is 11.5 Å². The monoisotopic (exact) mass is 1390 g/mol. The van der Waals surface area contributed by atoms with Crippen molar-refractivity contribution < 1.29 is 191 Å². The van der Waals surface area contributed by atoms with E-state index in [0.29, 0.717) is 23.1 Å². The predicted octanol–water partition coefficient (Wildman–Crippen LogP) is 1.08. The number of aryl methyl sites for hydroxylation is 2. The quantitative estimate of drug-likeness (QED) is 0.0169.